The van der Waals surface area contributed by atoms with Crippen molar-refractivity contribution in [3.63, 3.8) is 0 Å². The molecule has 0 radical (unpaired) electrons. The fraction of sp³-hybridized carbons (Fsp3) is 1.00. The van der Waals surface area contributed by atoms with Gasteiger partial charge in [0.05, 0.1) is 0 Å². The molecule has 0 amide bonds. The molecule has 2 aliphatic rings. The van der Waals surface area contributed by atoms with Gasteiger partial charge in [0.25, 0.3) is 0 Å². The molecule has 1 nitrogen and oxygen atoms in total. The second-order valence-corrected chi connectivity index (χ2v) is 5.03. The van der Waals surface area contributed by atoms with Crippen molar-refractivity contribution in [2.45, 2.75) is 51.5 Å². The molecule has 1 heteroatoms. The van der Waals surface area contributed by atoms with Crippen LogP contribution in [0.2, 0.25) is 0 Å². The zero-order chi connectivity index (χ0) is 8.60. The summed E-state index contributed by atoms with van der Waals surface area (Å²) in [6.45, 7) is 6.09. The molecule has 0 aromatic rings. The first-order valence-electron chi connectivity index (χ1n) is 5.47. The van der Waals surface area contributed by atoms with Crippen molar-refractivity contribution in [3.05, 3.63) is 0 Å². The Morgan fingerprint density at radius 1 is 1.08 bits per heavy atom. The maximum absolute atomic E-state index is 3.76. The molecule has 0 unspecified atom stereocenters. The summed E-state index contributed by atoms with van der Waals surface area (Å²) < 4.78 is 0. The summed E-state index contributed by atoms with van der Waals surface area (Å²) in [4.78, 5) is 0. The Balaban J connectivity index is 2.02. The Kier molecular flexibility index (Phi) is 2.16. The van der Waals surface area contributed by atoms with Gasteiger partial charge in [-0.05, 0) is 44.1 Å². The molecule has 1 aliphatic carbocycles. The molecule has 1 saturated heterocycles. The SMILES string of the molecule is C[C@@H]1CC2(CCCCN2)C[C@H]1C. The van der Waals surface area contributed by atoms with Gasteiger partial charge in [-0.15, -0.1) is 0 Å². The molecule has 1 saturated carbocycles. The minimum absolute atomic E-state index is 0.567. The fourth-order valence-electron chi connectivity index (χ4n) is 3.10. The van der Waals surface area contributed by atoms with Crippen LogP contribution in [-0.4, -0.2) is 12.1 Å². The average Bonchev–Trinajstić information content (AvgIpc) is 2.29. The minimum atomic E-state index is 0.567. The summed E-state index contributed by atoms with van der Waals surface area (Å²) in [5.74, 6) is 1.88. The maximum atomic E-state index is 3.76. The van der Waals surface area contributed by atoms with Gasteiger partial charge in [0.2, 0.25) is 0 Å². The molecule has 2 atom stereocenters. The van der Waals surface area contributed by atoms with Gasteiger partial charge in [-0.1, -0.05) is 20.3 Å². The predicted octanol–water partition coefficient (Wildman–Crippen LogP) is 2.56. The molecule has 1 heterocycles. The first-order chi connectivity index (χ1) is 5.72. The van der Waals surface area contributed by atoms with E-state index in [2.05, 4.69) is 19.2 Å². The second kappa shape index (κ2) is 3.02. The van der Waals surface area contributed by atoms with E-state index < -0.39 is 0 Å². The quantitative estimate of drug-likeness (QED) is 0.584. The van der Waals surface area contributed by atoms with E-state index in [-0.39, 0.29) is 0 Å². The van der Waals surface area contributed by atoms with Crippen molar-refractivity contribution in [3.8, 4) is 0 Å². The molecule has 2 fully saturated rings. The smallest absolute Gasteiger partial charge is 0.0186 e. The molecule has 1 spiro atoms. The van der Waals surface area contributed by atoms with E-state index in [0.29, 0.717) is 5.54 Å². The van der Waals surface area contributed by atoms with Crippen molar-refractivity contribution < 1.29 is 0 Å². The lowest BCUT2D eigenvalue weighted by atomic mass is 9.86. The van der Waals surface area contributed by atoms with E-state index in [4.69, 9.17) is 0 Å². The lowest BCUT2D eigenvalue weighted by Crippen LogP contribution is -2.46. The molecule has 70 valence electrons. The van der Waals surface area contributed by atoms with Gasteiger partial charge in [-0.25, -0.2) is 0 Å². The van der Waals surface area contributed by atoms with Crippen molar-refractivity contribution >= 4 is 0 Å². The number of nitrogens with one attached hydrogen (secondary N) is 1. The average molecular weight is 167 g/mol. The van der Waals surface area contributed by atoms with E-state index in [1.54, 1.807) is 0 Å². The summed E-state index contributed by atoms with van der Waals surface area (Å²) >= 11 is 0. The van der Waals surface area contributed by atoms with E-state index in [9.17, 15) is 0 Å². The molecule has 0 aromatic heterocycles. The topological polar surface area (TPSA) is 12.0 Å². The van der Waals surface area contributed by atoms with E-state index in [1.807, 2.05) is 0 Å². The Bertz CT molecular complexity index is 146. The van der Waals surface area contributed by atoms with Crippen LogP contribution in [0.25, 0.3) is 0 Å². The van der Waals surface area contributed by atoms with Crippen molar-refractivity contribution in [2.24, 2.45) is 11.8 Å². The lowest BCUT2D eigenvalue weighted by Gasteiger charge is -2.35. The van der Waals surface area contributed by atoms with Crippen LogP contribution >= 0.6 is 0 Å². The highest BCUT2D eigenvalue weighted by atomic mass is 15.0. The van der Waals surface area contributed by atoms with Gasteiger partial charge in [0, 0.05) is 5.54 Å². The molecule has 0 aromatic carbocycles. The molecular weight excluding hydrogens is 146 g/mol. The van der Waals surface area contributed by atoms with Gasteiger partial charge in [0.15, 0.2) is 0 Å². The normalized spacial score (nSPS) is 40.5. The summed E-state index contributed by atoms with van der Waals surface area (Å²) in [7, 11) is 0. The summed E-state index contributed by atoms with van der Waals surface area (Å²) in [5, 5.41) is 3.76. The molecule has 2 rings (SSSR count). The third-order valence-electron chi connectivity index (χ3n) is 3.98. The third kappa shape index (κ3) is 1.39. The highest BCUT2D eigenvalue weighted by molar-refractivity contribution is 4.99. The highest BCUT2D eigenvalue weighted by Crippen LogP contribution is 2.42. The molecular formula is C11H21N. The van der Waals surface area contributed by atoms with Crippen molar-refractivity contribution in [1.82, 2.24) is 5.32 Å². The molecule has 1 aliphatic heterocycles. The van der Waals surface area contributed by atoms with Gasteiger partial charge < -0.3 is 5.32 Å². The van der Waals surface area contributed by atoms with Crippen LogP contribution in [-0.2, 0) is 0 Å². The van der Waals surface area contributed by atoms with Crippen LogP contribution < -0.4 is 5.32 Å². The first kappa shape index (κ1) is 8.55. The highest BCUT2D eigenvalue weighted by Gasteiger charge is 2.41. The third-order valence-corrected chi connectivity index (χ3v) is 3.98. The second-order valence-electron chi connectivity index (χ2n) is 5.03. The van der Waals surface area contributed by atoms with Crippen LogP contribution in [0.3, 0.4) is 0 Å². The Hall–Kier alpha value is -0.0400. The van der Waals surface area contributed by atoms with Crippen LogP contribution in [0, 0.1) is 11.8 Å². The van der Waals surface area contributed by atoms with Crippen LogP contribution in [0.5, 0.6) is 0 Å². The molecule has 1 N–H and O–H groups in total. The maximum Gasteiger partial charge on any atom is 0.0186 e. The lowest BCUT2D eigenvalue weighted by molar-refractivity contribution is 0.251. The Labute approximate surface area is 75.9 Å². The van der Waals surface area contributed by atoms with Gasteiger partial charge in [0.1, 0.15) is 0 Å². The first-order valence-corrected chi connectivity index (χ1v) is 5.47. The monoisotopic (exact) mass is 167 g/mol. The number of hydrogen-bond donors (Lipinski definition) is 1. The van der Waals surface area contributed by atoms with Crippen LogP contribution in [0.4, 0.5) is 0 Å². The number of piperidine rings is 1. The van der Waals surface area contributed by atoms with E-state index in [1.165, 1.54) is 38.6 Å². The summed E-state index contributed by atoms with van der Waals surface area (Å²) in [6.07, 6.45) is 7.13. The predicted molar refractivity (Wildman–Crippen MR) is 52.1 cm³/mol. The zero-order valence-corrected chi connectivity index (χ0v) is 8.40. The van der Waals surface area contributed by atoms with Gasteiger partial charge in [-0.3, -0.25) is 0 Å². The van der Waals surface area contributed by atoms with E-state index >= 15 is 0 Å². The Morgan fingerprint density at radius 3 is 2.25 bits per heavy atom. The molecule has 12 heavy (non-hydrogen) atoms. The minimum Gasteiger partial charge on any atom is -0.311 e. The van der Waals surface area contributed by atoms with E-state index in [0.717, 1.165) is 11.8 Å². The number of rotatable bonds is 0. The summed E-state index contributed by atoms with van der Waals surface area (Å²) in [6, 6.07) is 0. The van der Waals surface area contributed by atoms with Crippen molar-refractivity contribution in [1.29, 1.82) is 0 Å². The fourth-order valence-corrected chi connectivity index (χ4v) is 3.10. The standard InChI is InChI=1S/C11H21N/c1-9-7-11(8-10(9)2)5-3-4-6-12-11/h9-10,12H,3-8H2,1-2H3/t9-,10-/m1/s1. The largest absolute Gasteiger partial charge is 0.311 e. The van der Waals surface area contributed by atoms with Crippen LogP contribution in [0.15, 0.2) is 0 Å². The van der Waals surface area contributed by atoms with Gasteiger partial charge in [-0.2, -0.15) is 0 Å². The summed E-state index contributed by atoms with van der Waals surface area (Å²) in [5.41, 5.74) is 0.567. The van der Waals surface area contributed by atoms with Crippen LogP contribution in [0.1, 0.15) is 46.0 Å². The molecule has 0 bridgehead atoms. The Morgan fingerprint density at radius 2 is 1.75 bits per heavy atom. The van der Waals surface area contributed by atoms with Crippen molar-refractivity contribution in [2.75, 3.05) is 6.54 Å². The van der Waals surface area contributed by atoms with Gasteiger partial charge >= 0.3 is 0 Å². The zero-order valence-electron chi connectivity index (χ0n) is 8.40. The number of hydrogen-bond acceptors (Lipinski definition) is 1.